The Labute approximate surface area is 157 Å². The van der Waals surface area contributed by atoms with Crippen LogP contribution in [0, 0.1) is 0 Å². The summed E-state index contributed by atoms with van der Waals surface area (Å²) in [5.74, 6) is -0.595. The summed E-state index contributed by atoms with van der Waals surface area (Å²) in [5.41, 5.74) is 1.03. The molecular formula is C18H24N6O3. The van der Waals surface area contributed by atoms with Crippen molar-refractivity contribution < 1.29 is 14.4 Å². The SMILES string of the molecule is C[C@@H](NC(=O)c1n[nH]c2ccccc12)C(=O)NCCN1CCN(C)C(=O)C1. The van der Waals surface area contributed by atoms with E-state index in [9.17, 15) is 14.4 Å². The first kappa shape index (κ1) is 18.8. The number of H-pyrrole nitrogens is 1. The number of carbonyl (C=O) groups excluding carboxylic acids is 3. The van der Waals surface area contributed by atoms with E-state index >= 15 is 0 Å². The second-order valence-corrected chi connectivity index (χ2v) is 6.70. The Balaban J connectivity index is 1.46. The van der Waals surface area contributed by atoms with Gasteiger partial charge in [0.1, 0.15) is 6.04 Å². The highest BCUT2D eigenvalue weighted by molar-refractivity contribution is 6.05. The molecule has 2 heterocycles. The maximum atomic E-state index is 12.4. The number of fused-ring (bicyclic) bond motifs is 1. The van der Waals surface area contributed by atoms with Crippen molar-refractivity contribution in [2.45, 2.75) is 13.0 Å². The van der Waals surface area contributed by atoms with Crippen molar-refractivity contribution in [1.29, 1.82) is 0 Å². The number of aromatic amines is 1. The average molecular weight is 372 g/mol. The fourth-order valence-electron chi connectivity index (χ4n) is 2.96. The first-order chi connectivity index (χ1) is 13.0. The van der Waals surface area contributed by atoms with Crippen LogP contribution in [-0.4, -0.2) is 83.5 Å². The van der Waals surface area contributed by atoms with Crippen LogP contribution in [0.4, 0.5) is 0 Å². The molecule has 1 atom stereocenters. The quantitative estimate of drug-likeness (QED) is 0.637. The molecule has 9 nitrogen and oxygen atoms in total. The Morgan fingerprint density at radius 3 is 2.85 bits per heavy atom. The summed E-state index contributed by atoms with van der Waals surface area (Å²) in [6.07, 6.45) is 0. The number of rotatable bonds is 6. The van der Waals surface area contributed by atoms with Gasteiger partial charge in [-0.15, -0.1) is 0 Å². The normalized spacial score (nSPS) is 16.4. The Morgan fingerprint density at radius 2 is 2.07 bits per heavy atom. The lowest BCUT2D eigenvalue weighted by molar-refractivity contribution is -0.134. The van der Waals surface area contributed by atoms with Crippen molar-refractivity contribution in [3.63, 3.8) is 0 Å². The first-order valence-electron chi connectivity index (χ1n) is 8.93. The molecule has 1 aliphatic heterocycles. The Bertz CT molecular complexity index is 848. The van der Waals surface area contributed by atoms with Crippen molar-refractivity contribution in [3.05, 3.63) is 30.0 Å². The van der Waals surface area contributed by atoms with E-state index in [0.717, 1.165) is 12.1 Å². The van der Waals surface area contributed by atoms with Gasteiger partial charge in [0.25, 0.3) is 5.91 Å². The number of nitrogens with one attached hydrogen (secondary N) is 3. The van der Waals surface area contributed by atoms with E-state index in [1.165, 1.54) is 0 Å². The summed E-state index contributed by atoms with van der Waals surface area (Å²) in [5, 5.41) is 13.0. The van der Waals surface area contributed by atoms with Gasteiger partial charge in [-0.1, -0.05) is 18.2 Å². The highest BCUT2D eigenvalue weighted by Gasteiger charge is 2.22. The first-order valence-corrected chi connectivity index (χ1v) is 8.93. The summed E-state index contributed by atoms with van der Waals surface area (Å²) >= 11 is 0. The lowest BCUT2D eigenvalue weighted by atomic mass is 10.2. The number of hydrogen-bond donors (Lipinski definition) is 3. The van der Waals surface area contributed by atoms with Gasteiger partial charge in [0.05, 0.1) is 12.1 Å². The molecule has 0 bridgehead atoms. The molecule has 3 rings (SSSR count). The van der Waals surface area contributed by atoms with Crippen LogP contribution in [0.1, 0.15) is 17.4 Å². The molecule has 9 heteroatoms. The topological polar surface area (TPSA) is 110 Å². The zero-order valence-electron chi connectivity index (χ0n) is 15.5. The third-order valence-electron chi connectivity index (χ3n) is 4.69. The van der Waals surface area contributed by atoms with Crippen LogP contribution < -0.4 is 10.6 Å². The van der Waals surface area contributed by atoms with Crippen LogP contribution in [-0.2, 0) is 9.59 Å². The Hall–Kier alpha value is -2.94. The number of para-hydroxylation sites is 1. The van der Waals surface area contributed by atoms with Gasteiger partial charge in [-0.3, -0.25) is 24.4 Å². The molecule has 144 valence electrons. The van der Waals surface area contributed by atoms with Crippen molar-refractivity contribution in [1.82, 2.24) is 30.6 Å². The minimum Gasteiger partial charge on any atom is -0.353 e. The molecule has 1 aromatic heterocycles. The molecule has 0 spiro atoms. The highest BCUT2D eigenvalue weighted by Crippen LogP contribution is 2.14. The largest absolute Gasteiger partial charge is 0.353 e. The smallest absolute Gasteiger partial charge is 0.273 e. The number of carbonyl (C=O) groups is 3. The summed E-state index contributed by atoms with van der Waals surface area (Å²) in [6.45, 7) is 4.48. The standard InChI is InChI=1S/C18H24N6O3/c1-12(17(26)19-7-8-24-10-9-23(2)15(25)11-24)20-18(27)16-13-5-3-4-6-14(13)21-22-16/h3-6,12H,7-11H2,1-2H3,(H,19,26)(H,20,27)(H,21,22)/t12-/m1/s1. The fraction of sp³-hybridized carbons (Fsp3) is 0.444. The minimum atomic E-state index is -0.693. The van der Waals surface area contributed by atoms with E-state index in [1.807, 2.05) is 23.1 Å². The van der Waals surface area contributed by atoms with E-state index in [-0.39, 0.29) is 17.5 Å². The Morgan fingerprint density at radius 1 is 1.30 bits per heavy atom. The molecule has 0 unspecified atom stereocenters. The van der Waals surface area contributed by atoms with Gasteiger partial charge in [-0.05, 0) is 13.0 Å². The summed E-state index contributed by atoms with van der Waals surface area (Å²) in [6, 6.07) is 6.62. The van der Waals surface area contributed by atoms with Crippen molar-refractivity contribution >= 4 is 28.6 Å². The molecule has 27 heavy (non-hydrogen) atoms. The number of likely N-dealkylation sites (N-methyl/N-ethyl adjacent to an activating group) is 1. The van der Waals surface area contributed by atoms with Gasteiger partial charge in [0.2, 0.25) is 11.8 Å². The third-order valence-corrected chi connectivity index (χ3v) is 4.69. The molecule has 2 aromatic rings. The summed E-state index contributed by atoms with van der Waals surface area (Å²) < 4.78 is 0. The molecule has 3 N–H and O–H groups in total. The predicted molar refractivity (Wildman–Crippen MR) is 100 cm³/mol. The number of amides is 3. The number of piperazine rings is 1. The van der Waals surface area contributed by atoms with Crippen molar-refractivity contribution in [2.24, 2.45) is 0 Å². The molecule has 3 amide bonds. The van der Waals surface area contributed by atoms with Gasteiger partial charge in [0, 0.05) is 38.6 Å². The van der Waals surface area contributed by atoms with E-state index in [2.05, 4.69) is 20.8 Å². The number of hydrogen-bond acceptors (Lipinski definition) is 5. The maximum absolute atomic E-state index is 12.4. The van der Waals surface area contributed by atoms with E-state index < -0.39 is 11.9 Å². The monoisotopic (exact) mass is 372 g/mol. The number of benzene rings is 1. The molecule has 1 aliphatic rings. The van der Waals surface area contributed by atoms with Gasteiger partial charge in [-0.25, -0.2) is 0 Å². The van der Waals surface area contributed by atoms with E-state index in [4.69, 9.17) is 0 Å². The zero-order chi connectivity index (χ0) is 19.4. The third kappa shape index (κ3) is 4.43. The Kier molecular flexibility index (Phi) is 5.70. The van der Waals surface area contributed by atoms with Crippen LogP contribution >= 0.6 is 0 Å². The van der Waals surface area contributed by atoms with Gasteiger partial charge in [0.15, 0.2) is 5.69 Å². The van der Waals surface area contributed by atoms with Crippen LogP contribution in [0.15, 0.2) is 24.3 Å². The summed E-state index contributed by atoms with van der Waals surface area (Å²) in [7, 11) is 1.79. The lowest BCUT2D eigenvalue weighted by Gasteiger charge is -2.31. The zero-order valence-corrected chi connectivity index (χ0v) is 15.5. The number of nitrogens with zero attached hydrogens (tertiary/aromatic N) is 3. The van der Waals surface area contributed by atoms with E-state index in [1.54, 1.807) is 24.9 Å². The number of aromatic nitrogens is 2. The average Bonchev–Trinajstić information content (AvgIpc) is 3.08. The van der Waals surface area contributed by atoms with Crippen LogP contribution in [0.25, 0.3) is 10.9 Å². The van der Waals surface area contributed by atoms with Crippen LogP contribution in [0.5, 0.6) is 0 Å². The van der Waals surface area contributed by atoms with Crippen LogP contribution in [0.3, 0.4) is 0 Å². The van der Waals surface area contributed by atoms with Gasteiger partial charge >= 0.3 is 0 Å². The molecule has 1 aromatic carbocycles. The second kappa shape index (κ2) is 8.17. The van der Waals surface area contributed by atoms with Crippen molar-refractivity contribution in [3.8, 4) is 0 Å². The summed E-state index contributed by atoms with van der Waals surface area (Å²) in [4.78, 5) is 40.0. The molecule has 1 saturated heterocycles. The molecule has 1 fully saturated rings. The molecule has 0 aliphatic carbocycles. The van der Waals surface area contributed by atoms with Crippen LogP contribution in [0.2, 0.25) is 0 Å². The van der Waals surface area contributed by atoms with E-state index in [0.29, 0.717) is 31.6 Å². The minimum absolute atomic E-state index is 0.0828. The van der Waals surface area contributed by atoms with Gasteiger partial charge in [-0.2, -0.15) is 5.10 Å². The second-order valence-electron chi connectivity index (χ2n) is 6.70. The molecular weight excluding hydrogens is 348 g/mol. The highest BCUT2D eigenvalue weighted by atomic mass is 16.2. The molecule has 0 radical (unpaired) electrons. The van der Waals surface area contributed by atoms with Crippen molar-refractivity contribution in [2.75, 3.05) is 39.8 Å². The lowest BCUT2D eigenvalue weighted by Crippen LogP contribution is -2.51. The maximum Gasteiger partial charge on any atom is 0.273 e. The fourth-order valence-corrected chi connectivity index (χ4v) is 2.96. The molecule has 0 saturated carbocycles. The predicted octanol–water partition coefficient (Wildman–Crippen LogP) is -0.429. The van der Waals surface area contributed by atoms with Gasteiger partial charge < -0.3 is 15.5 Å².